The van der Waals surface area contributed by atoms with E-state index in [-0.39, 0.29) is 12.5 Å². The van der Waals surface area contributed by atoms with Crippen molar-refractivity contribution in [2.24, 2.45) is 11.8 Å². The molecule has 1 aliphatic heterocycles. The van der Waals surface area contributed by atoms with Crippen molar-refractivity contribution in [3.8, 4) is 0 Å². The Balaban J connectivity index is 1.69. The molecule has 1 aromatic heterocycles. The van der Waals surface area contributed by atoms with Gasteiger partial charge in [-0.15, -0.1) is 11.3 Å². The summed E-state index contributed by atoms with van der Waals surface area (Å²) in [5.41, 5.74) is 1.40. The van der Waals surface area contributed by atoms with Gasteiger partial charge in [0, 0.05) is 24.6 Å². The van der Waals surface area contributed by atoms with Crippen molar-refractivity contribution < 1.29 is 9.90 Å². The average Bonchev–Trinajstić information content (AvgIpc) is 2.89. The number of rotatable bonds is 2. The standard InChI is InChI=1S/C16H23NO2S/c1-11-2-3-14-13(8-11)9-15(20-14)16(19)17-6-4-12(10-18)5-7-17/h9,11-12,18H,2-8,10H2,1H3. The molecule has 1 saturated heterocycles. The number of hydrogen-bond acceptors (Lipinski definition) is 3. The summed E-state index contributed by atoms with van der Waals surface area (Å²) in [4.78, 5) is 16.9. The highest BCUT2D eigenvalue weighted by atomic mass is 32.1. The minimum Gasteiger partial charge on any atom is -0.396 e. The molecule has 0 bridgehead atoms. The lowest BCUT2D eigenvalue weighted by molar-refractivity contribution is 0.0655. The first-order chi connectivity index (χ1) is 9.67. The van der Waals surface area contributed by atoms with Crippen LogP contribution in [-0.2, 0) is 12.8 Å². The lowest BCUT2D eigenvalue weighted by Crippen LogP contribution is -2.38. The van der Waals surface area contributed by atoms with Crippen molar-refractivity contribution >= 4 is 17.2 Å². The third-order valence-electron chi connectivity index (χ3n) is 4.70. The van der Waals surface area contributed by atoms with Crippen molar-refractivity contribution in [1.82, 2.24) is 4.90 Å². The molecular formula is C16H23NO2S. The summed E-state index contributed by atoms with van der Waals surface area (Å²) >= 11 is 1.71. The van der Waals surface area contributed by atoms with Gasteiger partial charge in [-0.3, -0.25) is 4.79 Å². The highest BCUT2D eigenvalue weighted by molar-refractivity contribution is 7.14. The topological polar surface area (TPSA) is 40.5 Å². The van der Waals surface area contributed by atoms with E-state index in [4.69, 9.17) is 5.11 Å². The van der Waals surface area contributed by atoms with Crippen LogP contribution in [-0.4, -0.2) is 35.6 Å². The number of aryl methyl sites for hydroxylation is 1. The summed E-state index contributed by atoms with van der Waals surface area (Å²) in [5.74, 6) is 1.34. The van der Waals surface area contributed by atoms with E-state index < -0.39 is 0 Å². The van der Waals surface area contributed by atoms with Crippen molar-refractivity contribution in [2.45, 2.75) is 39.0 Å². The summed E-state index contributed by atoms with van der Waals surface area (Å²) < 4.78 is 0. The van der Waals surface area contributed by atoms with E-state index in [2.05, 4.69) is 13.0 Å². The Kier molecular flexibility index (Phi) is 4.13. The molecule has 1 fully saturated rings. The van der Waals surface area contributed by atoms with E-state index in [0.717, 1.165) is 49.6 Å². The smallest absolute Gasteiger partial charge is 0.263 e. The zero-order valence-corrected chi connectivity index (χ0v) is 12.9. The van der Waals surface area contributed by atoms with Crippen LogP contribution in [0.2, 0.25) is 0 Å². The van der Waals surface area contributed by atoms with Gasteiger partial charge in [0.2, 0.25) is 0 Å². The molecule has 1 unspecified atom stereocenters. The second kappa shape index (κ2) is 5.86. The molecule has 1 aliphatic carbocycles. The molecule has 1 atom stereocenters. The maximum absolute atomic E-state index is 12.6. The van der Waals surface area contributed by atoms with Crippen molar-refractivity contribution in [3.05, 3.63) is 21.4 Å². The number of aliphatic hydroxyl groups excluding tert-OH is 1. The number of piperidine rings is 1. The fourth-order valence-electron chi connectivity index (χ4n) is 3.29. The number of thiophene rings is 1. The van der Waals surface area contributed by atoms with Gasteiger partial charge in [-0.25, -0.2) is 0 Å². The number of fused-ring (bicyclic) bond motifs is 1. The first-order valence-corrected chi connectivity index (χ1v) is 8.50. The second-order valence-corrected chi connectivity index (χ2v) is 7.46. The Hall–Kier alpha value is -0.870. The molecule has 0 aromatic carbocycles. The zero-order chi connectivity index (χ0) is 14.1. The van der Waals surface area contributed by atoms with Crippen LogP contribution < -0.4 is 0 Å². The maximum atomic E-state index is 12.6. The number of carbonyl (C=O) groups excluding carboxylic acids is 1. The molecule has 0 spiro atoms. The van der Waals surface area contributed by atoms with Gasteiger partial charge in [-0.2, -0.15) is 0 Å². The highest BCUT2D eigenvalue weighted by Gasteiger charge is 2.26. The van der Waals surface area contributed by atoms with Gasteiger partial charge in [0.1, 0.15) is 0 Å². The largest absolute Gasteiger partial charge is 0.396 e. The van der Waals surface area contributed by atoms with Gasteiger partial charge >= 0.3 is 0 Å². The third kappa shape index (κ3) is 2.77. The Morgan fingerprint density at radius 2 is 2.15 bits per heavy atom. The quantitative estimate of drug-likeness (QED) is 0.911. The summed E-state index contributed by atoms with van der Waals surface area (Å²) in [6.45, 7) is 4.14. The van der Waals surface area contributed by atoms with Gasteiger partial charge in [-0.05, 0) is 55.6 Å². The SMILES string of the molecule is CC1CCc2sc(C(=O)N3CCC(CO)CC3)cc2C1. The van der Waals surface area contributed by atoms with Crippen LogP contribution in [0.5, 0.6) is 0 Å². The fourth-order valence-corrected chi connectivity index (χ4v) is 4.46. The lowest BCUT2D eigenvalue weighted by Gasteiger charge is -2.30. The molecule has 20 heavy (non-hydrogen) atoms. The van der Waals surface area contributed by atoms with Crippen molar-refractivity contribution in [3.63, 3.8) is 0 Å². The van der Waals surface area contributed by atoms with E-state index in [0.29, 0.717) is 5.92 Å². The normalized spacial score (nSPS) is 23.7. The molecule has 0 radical (unpaired) electrons. The number of aliphatic hydroxyl groups is 1. The molecule has 1 amide bonds. The molecular weight excluding hydrogens is 270 g/mol. The predicted octanol–water partition coefficient (Wildman–Crippen LogP) is 2.72. The van der Waals surface area contributed by atoms with E-state index in [1.54, 1.807) is 11.3 Å². The molecule has 3 nitrogen and oxygen atoms in total. The number of carbonyl (C=O) groups is 1. The van der Waals surface area contributed by atoms with Gasteiger partial charge in [0.15, 0.2) is 0 Å². The Bertz CT molecular complexity index is 489. The summed E-state index contributed by atoms with van der Waals surface area (Å²) in [6.07, 6.45) is 5.39. The number of nitrogens with zero attached hydrogens (tertiary/aromatic N) is 1. The minimum absolute atomic E-state index is 0.202. The maximum Gasteiger partial charge on any atom is 0.263 e. The van der Waals surface area contributed by atoms with Crippen LogP contribution >= 0.6 is 11.3 Å². The highest BCUT2D eigenvalue weighted by Crippen LogP contribution is 2.33. The summed E-state index contributed by atoms with van der Waals surface area (Å²) in [5, 5.41) is 9.17. The first-order valence-electron chi connectivity index (χ1n) is 7.69. The first kappa shape index (κ1) is 14.1. The van der Waals surface area contributed by atoms with E-state index in [9.17, 15) is 4.79 Å². The fraction of sp³-hybridized carbons (Fsp3) is 0.688. The number of likely N-dealkylation sites (tertiary alicyclic amines) is 1. The molecule has 0 saturated carbocycles. The van der Waals surface area contributed by atoms with Gasteiger partial charge in [0.25, 0.3) is 5.91 Å². The minimum atomic E-state index is 0.202. The van der Waals surface area contributed by atoms with Crippen molar-refractivity contribution in [2.75, 3.05) is 19.7 Å². The van der Waals surface area contributed by atoms with Gasteiger partial charge in [-0.1, -0.05) is 6.92 Å². The van der Waals surface area contributed by atoms with Crippen LogP contribution in [0.3, 0.4) is 0 Å². The van der Waals surface area contributed by atoms with Gasteiger partial charge in [0.05, 0.1) is 4.88 Å². The van der Waals surface area contributed by atoms with E-state index >= 15 is 0 Å². The predicted molar refractivity (Wildman–Crippen MR) is 81.2 cm³/mol. The Labute approximate surface area is 124 Å². The van der Waals surface area contributed by atoms with Gasteiger partial charge < -0.3 is 10.0 Å². The van der Waals surface area contributed by atoms with E-state index in [1.165, 1.54) is 16.9 Å². The molecule has 2 heterocycles. The van der Waals surface area contributed by atoms with E-state index in [1.807, 2.05) is 4.90 Å². The monoisotopic (exact) mass is 293 g/mol. The Morgan fingerprint density at radius 3 is 2.85 bits per heavy atom. The average molecular weight is 293 g/mol. The Morgan fingerprint density at radius 1 is 1.40 bits per heavy atom. The molecule has 2 aliphatic rings. The zero-order valence-electron chi connectivity index (χ0n) is 12.1. The molecule has 110 valence electrons. The molecule has 1 aromatic rings. The lowest BCUT2D eigenvalue weighted by atomic mass is 9.90. The molecule has 1 N–H and O–H groups in total. The van der Waals surface area contributed by atoms with Crippen LogP contribution in [0.1, 0.15) is 46.3 Å². The second-order valence-electron chi connectivity index (χ2n) is 6.33. The van der Waals surface area contributed by atoms with Crippen LogP contribution in [0, 0.1) is 11.8 Å². The summed E-state index contributed by atoms with van der Waals surface area (Å²) in [6, 6.07) is 2.14. The molecule has 3 rings (SSSR count). The number of amides is 1. The van der Waals surface area contributed by atoms with Crippen LogP contribution in [0.4, 0.5) is 0 Å². The number of hydrogen-bond donors (Lipinski definition) is 1. The van der Waals surface area contributed by atoms with Crippen LogP contribution in [0.25, 0.3) is 0 Å². The molecule has 4 heteroatoms. The van der Waals surface area contributed by atoms with Crippen LogP contribution in [0.15, 0.2) is 6.07 Å². The summed E-state index contributed by atoms with van der Waals surface area (Å²) in [7, 11) is 0. The van der Waals surface area contributed by atoms with Crippen molar-refractivity contribution in [1.29, 1.82) is 0 Å². The third-order valence-corrected chi connectivity index (χ3v) is 5.93.